The highest BCUT2D eigenvalue weighted by Gasteiger charge is 2.35. The lowest BCUT2D eigenvalue weighted by molar-refractivity contribution is 0.0767. The van der Waals surface area contributed by atoms with E-state index in [1.54, 1.807) is 7.11 Å². The Bertz CT molecular complexity index is 429. The fourth-order valence-electron chi connectivity index (χ4n) is 2.61. The van der Waals surface area contributed by atoms with Gasteiger partial charge in [0.25, 0.3) is 0 Å². The summed E-state index contributed by atoms with van der Waals surface area (Å²) in [7, 11) is 1.76. The monoisotopic (exact) mass is 233 g/mol. The van der Waals surface area contributed by atoms with Gasteiger partial charge in [-0.1, -0.05) is 0 Å². The van der Waals surface area contributed by atoms with E-state index in [4.69, 9.17) is 9.72 Å². The molecule has 1 aliphatic carbocycles. The van der Waals surface area contributed by atoms with Gasteiger partial charge < -0.3 is 10.1 Å². The van der Waals surface area contributed by atoms with Crippen molar-refractivity contribution < 1.29 is 4.74 Å². The van der Waals surface area contributed by atoms with Crippen LogP contribution in [0.1, 0.15) is 41.7 Å². The molecule has 1 aromatic heterocycles. The van der Waals surface area contributed by atoms with Crippen molar-refractivity contribution in [2.45, 2.75) is 38.8 Å². The van der Waals surface area contributed by atoms with E-state index in [0.29, 0.717) is 5.92 Å². The van der Waals surface area contributed by atoms with Gasteiger partial charge in [-0.2, -0.15) is 0 Å². The van der Waals surface area contributed by atoms with E-state index in [1.165, 1.54) is 24.1 Å². The van der Waals surface area contributed by atoms with E-state index >= 15 is 0 Å². The molecule has 4 nitrogen and oxygen atoms in total. The van der Waals surface area contributed by atoms with Crippen LogP contribution >= 0.6 is 0 Å². The maximum absolute atomic E-state index is 5.56. The van der Waals surface area contributed by atoms with Gasteiger partial charge in [-0.25, -0.2) is 9.97 Å². The van der Waals surface area contributed by atoms with Crippen LogP contribution < -0.4 is 5.32 Å². The zero-order chi connectivity index (χ0) is 11.8. The summed E-state index contributed by atoms with van der Waals surface area (Å²) in [4.78, 5) is 9.36. The molecule has 3 rings (SSSR count). The van der Waals surface area contributed by atoms with Gasteiger partial charge >= 0.3 is 0 Å². The summed E-state index contributed by atoms with van der Waals surface area (Å²) < 4.78 is 5.56. The molecule has 17 heavy (non-hydrogen) atoms. The molecule has 2 heterocycles. The molecule has 1 fully saturated rings. The molecule has 1 N–H and O–H groups in total. The Hall–Kier alpha value is -1.00. The molecule has 0 radical (unpaired) electrons. The predicted octanol–water partition coefficient (Wildman–Crippen LogP) is 1.53. The Morgan fingerprint density at radius 1 is 1.35 bits per heavy atom. The van der Waals surface area contributed by atoms with Crippen LogP contribution in [0, 0.1) is 12.8 Å². The Labute approximate surface area is 102 Å². The van der Waals surface area contributed by atoms with Crippen molar-refractivity contribution in [1.82, 2.24) is 15.3 Å². The Morgan fingerprint density at radius 2 is 2.18 bits per heavy atom. The molecule has 4 heteroatoms. The lowest BCUT2D eigenvalue weighted by atomic mass is 10.0. The van der Waals surface area contributed by atoms with Gasteiger partial charge in [0.05, 0.1) is 5.69 Å². The highest BCUT2D eigenvalue weighted by atomic mass is 16.5. The average Bonchev–Trinajstić information content (AvgIpc) is 3.15. The SMILES string of the molecule is COC(c1nc(C)c2c(n1)CNCC2)C1CC1. The minimum atomic E-state index is 0.0981. The molecule has 1 unspecified atom stereocenters. The van der Waals surface area contributed by atoms with Crippen molar-refractivity contribution in [2.24, 2.45) is 5.92 Å². The van der Waals surface area contributed by atoms with E-state index < -0.39 is 0 Å². The van der Waals surface area contributed by atoms with Crippen LogP contribution in [0.15, 0.2) is 0 Å². The summed E-state index contributed by atoms with van der Waals surface area (Å²) in [6.07, 6.45) is 3.63. The average molecular weight is 233 g/mol. The van der Waals surface area contributed by atoms with Crippen LogP contribution in [-0.2, 0) is 17.7 Å². The lowest BCUT2D eigenvalue weighted by Gasteiger charge is -2.21. The molecule has 0 bridgehead atoms. The van der Waals surface area contributed by atoms with Crippen molar-refractivity contribution in [2.75, 3.05) is 13.7 Å². The van der Waals surface area contributed by atoms with Crippen molar-refractivity contribution in [3.8, 4) is 0 Å². The van der Waals surface area contributed by atoms with Crippen LogP contribution in [0.25, 0.3) is 0 Å². The zero-order valence-electron chi connectivity index (χ0n) is 10.5. The maximum atomic E-state index is 5.56. The first-order valence-electron chi connectivity index (χ1n) is 6.39. The quantitative estimate of drug-likeness (QED) is 0.860. The van der Waals surface area contributed by atoms with Crippen LogP contribution in [0.4, 0.5) is 0 Å². The first-order valence-corrected chi connectivity index (χ1v) is 6.39. The fraction of sp³-hybridized carbons (Fsp3) is 0.692. The van der Waals surface area contributed by atoms with Crippen molar-refractivity contribution >= 4 is 0 Å². The number of aromatic nitrogens is 2. The van der Waals surface area contributed by atoms with Crippen molar-refractivity contribution in [3.05, 3.63) is 22.8 Å². The molecule has 0 amide bonds. The second-order valence-corrected chi connectivity index (χ2v) is 5.01. The summed E-state index contributed by atoms with van der Waals surface area (Å²) >= 11 is 0. The van der Waals surface area contributed by atoms with Crippen LogP contribution in [0.2, 0.25) is 0 Å². The third kappa shape index (κ3) is 2.07. The number of fused-ring (bicyclic) bond motifs is 1. The number of hydrogen-bond acceptors (Lipinski definition) is 4. The van der Waals surface area contributed by atoms with Gasteiger partial charge in [0, 0.05) is 19.3 Å². The first-order chi connectivity index (χ1) is 8.29. The summed E-state index contributed by atoms with van der Waals surface area (Å²) in [5, 5.41) is 3.37. The summed E-state index contributed by atoms with van der Waals surface area (Å²) in [6.45, 7) is 3.99. The molecule has 1 saturated carbocycles. The molecule has 0 spiro atoms. The fourth-order valence-corrected chi connectivity index (χ4v) is 2.61. The Kier molecular flexibility index (Phi) is 2.84. The number of hydrogen-bond donors (Lipinski definition) is 1. The topological polar surface area (TPSA) is 47.0 Å². The third-order valence-electron chi connectivity index (χ3n) is 3.72. The largest absolute Gasteiger partial charge is 0.373 e. The number of nitrogens with one attached hydrogen (secondary N) is 1. The van der Waals surface area contributed by atoms with Gasteiger partial charge in [0.1, 0.15) is 6.10 Å². The highest BCUT2D eigenvalue weighted by Crippen LogP contribution is 2.42. The van der Waals surface area contributed by atoms with Gasteiger partial charge in [0.15, 0.2) is 5.82 Å². The van der Waals surface area contributed by atoms with E-state index in [2.05, 4.69) is 17.2 Å². The van der Waals surface area contributed by atoms with Crippen LogP contribution in [-0.4, -0.2) is 23.6 Å². The molecule has 1 aliphatic heterocycles. The third-order valence-corrected chi connectivity index (χ3v) is 3.72. The molecule has 1 atom stereocenters. The summed E-state index contributed by atoms with van der Waals surface area (Å²) in [5.41, 5.74) is 3.63. The first kappa shape index (κ1) is 11.1. The van der Waals surface area contributed by atoms with Crippen LogP contribution in [0.5, 0.6) is 0 Å². The normalized spacial score (nSPS) is 21.1. The van der Waals surface area contributed by atoms with Gasteiger partial charge in [0.2, 0.25) is 0 Å². The second-order valence-electron chi connectivity index (χ2n) is 5.01. The van der Waals surface area contributed by atoms with E-state index in [9.17, 15) is 0 Å². The zero-order valence-corrected chi connectivity index (χ0v) is 10.5. The Morgan fingerprint density at radius 3 is 2.88 bits per heavy atom. The van der Waals surface area contributed by atoms with E-state index in [-0.39, 0.29) is 6.10 Å². The number of rotatable bonds is 3. The van der Waals surface area contributed by atoms with E-state index in [0.717, 1.165) is 31.0 Å². The van der Waals surface area contributed by atoms with Gasteiger partial charge in [-0.3, -0.25) is 0 Å². The van der Waals surface area contributed by atoms with Crippen molar-refractivity contribution in [3.63, 3.8) is 0 Å². The summed E-state index contributed by atoms with van der Waals surface area (Å²) in [5.74, 6) is 1.52. The minimum Gasteiger partial charge on any atom is -0.373 e. The van der Waals surface area contributed by atoms with Gasteiger partial charge in [-0.05, 0) is 44.2 Å². The molecular weight excluding hydrogens is 214 g/mol. The molecular formula is C13H19N3O. The number of nitrogens with zero attached hydrogens (tertiary/aromatic N) is 2. The number of aryl methyl sites for hydroxylation is 1. The Balaban J connectivity index is 1.97. The molecule has 0 saturated heterocycles. The minimum absolute atomic E-state index is 0.0981. The molecule has 92 valence electrons. The van der Waals surface area contributed by atoms with E-state index in [1.807, 2.05) is 0 Å². The second kappa shape index (κ2) is 4.35. The lowest BCUT2D eigenvalue weighted by Crippen LogP contribution is -2.27. The smallest absolute Gasteiger partial charge is 0.157 e. The summed E-state index contributed by atoms with van der Waals surface area (Å²) in [6, 6.07) is 0. The van der Waals surface area contributed by atoms with Crippen molar-refractivity contribution in [1.29, 1.82) is 0 Å². The van der Waals surface area contributed by atoms with Crippen LogP contribution in [0.3, 0.4) is 0 Å². The predicted molar refractivity (Wildman–Crippen MR) is 64.7 cm³/mol. The maximum Gasteiger partial charge on any atom is 0.157 e. The molecule has 2 aliphatic rings. The van der Waals surface area contributed by atoms with Gasteiger partial charge in [-0.15, -0.1) is 0 Å². The molecule has 1 aromatic rings. The standard InChI is InChI=1S/C13H19N3O/c1-8-10-5-6-14-7-11(10)16-13(15-8)12(17-2)9-3-4-9/h9,12,14H,3-7H2,1-2H3. The number of ether oxygens (including phenoxy) is 1. The number of methoxy groups -OCH3 is 1. The highest BCUT2D eigenvalue weighted by molar-refractivity contribution is 5.28. The molecule has 0 aromatic carbocycles.